The smallest absolute Gasteiger partial charge is 0.271 e. The van der Waals surface area contributed by atoms with Gasteiger partial charge in [0.25, 0.3) is 10.2 Å². The molecule has 2 N–H and O–H groups in total. The molecule has 4 nitrogen and oxygen atoms in total. The molecule has 0 bridgehead atoms. The quantitative estimate of drug-likeness (QED) is 0.896. The Hall–Kier alpha value is -0.590. The minimum Gasteiger partial charge on any atom is -0.271 e. The molecule has 1 saturated carbocycles. The fourth-order valence-corrected chi connectivity index (χ4v) is 3.00. The van der Waals surface area contributed by atoms with Crippen LogP contribution in [0.15, 0.2) is 16.6 Å². The van der Waals surface area contributed by atoms with Gasteiger partial charge in [-0.05, 0) is 49.9 Å². The van der Waals surface area contributed by atoms with Crippen LogP contribution < -0.4 is 9.44 Å². The highest BCUT2D eigenvalue weighted by Crippen LogP contribution is 2.26. The molecule has 0 aromatic heterocycles. The second-order valence-electron chi connectivity index (χ2n) is 4.42. The van der Waals surface area contributed by atoms with Crippen LogP contribution in [0.3, 0.4) is 0 Å². The molecule has 0 saturated heterocycles. The second kappa shape index (κ2) is 4.59. The molecule has 0 heterocycles. The van der Waals surface area contributed by atoms with Gasteiger partial charge in [-0.3, -0.25) is 4.72 Å². The average Bonchev–Trinajstić information content (AvgIpc) is 2.96. The van der Waals surface area contributed by atoms with Crippen molar-refractivity contribution in [2.24, 2.45) is 0 Å². The van der Waals surface area contributed by atoms with Gasteiger partial charge in [-0.15, -0.1) is 0 Å². The van der Waals surface area contributed by atoms with Crippen LogP contribution >= 0.6 is 15.9 Å². The second-order valence-corrected chi connectivity index (χ2v) is 6.66. The summed E-state index contributed by atoms with van der Waals surface area (Å²) in [7, 11) is -3.43. The minimum atomic E-state index is -3.43. The molecule has 0 unspecified atom stereocenters. The first kappa shape index (κ1) is 12.9. The van der Waals surface area contributed by atoms with E-state index in [2.05, 4.69) is 25.4 Å². The molecule has 0 aliphatic heterocycles. The van der Waals surface area contributed by atoms with Crippen molar-refractivity contribution in [3.63, 3.8) is 0 Å². The van der Waals surface area contributed by atoms with Crippen LogP contribution in [0.2, 0.25) is 0 Å². The predicted octanol–water partition coefficient (Wildman–Crippen LogP) is 2.47. The standard InChI is InChI=1S/C11H15BrN2O2S/c1-7-5-10(6-8(2)11(7)12)14-17(15,16)13-9-3-4-9/h5-6,9,13-14H,3-4H2,1-2H3. The van der Waals surface area contributed by atoms with E-state index in [1.54, 1.807) is 0 Å². The van der Waals surface area contributed by atoms with Gasteiger partial charge in [0.15, 0.2) is 0 Å². The van der Waals surface area contributed by atoms with Crippen molar-refractivity contribution in [1.82, 2.24) is 4.72 Å². The highest BCUT2D eigenvalue weighted by molar-refractivity contribution is 9.10. The van der Waals surface area contributed by atoms with Gasteiger partial charge in [-0.1, -0.05) is 15.9 Å². The normalized spacial score (nSPS) is 15.9. The lowest BCUT2D eigenvalue weighted by Gasteiger charge is -2.11. The molecule has 94 valence electrons. The van der Waals surface area contributed by atoms with Gasteiger partial charge in [0.2, 0.25) is 0 Å². The third-order valence-electron chi connectivity index (χ3n) is 2.59. The topological polar surface area (TPSA) is 58.2 Å². The molecular weight excluding hydrogens is 304 g/mol. The molecule has 2 rings (SSSR count). The van der Waals surface area contributed by atoms with Gasteiger partial charge < -0.3 is 0 Å². The van der Waals surface area contributed by atoms with Gasteiger partial charge in [0.05, 0.1) is 5.69 Å². The van der Waals surface area contributed by atoms with Crippen LogP contribution in [0, 0.1) is 13.8 Å². The molecule has 1 aliphatic rings. The van der Waals surface area contributed by atoms with Crippen LogP contribution in [-0.2, 0) is 10.2 Å². The van der Waals surface area contributed by atoms with E-state index in [1.165, 1.54) is 0 Å². The Balaban J connectivity index is 2.17. The van der Waals surface area contributed by atoms with E-state index in [0.717, 1.165) is 28.4 Å². The van der Waals surface area contributed by atoms with E-state index in [4.69, 9.17) is 0 Å². The lowest BCUT2D eigenvalue weighted by Crippen LogP contribution is -2.31. The Morgan fingerprint density at radius 2 is 1.76 bits per heavy atom. The van der Waals surface area contributed by atoms with Crippen molar-refractivity contribution in [3.05, 3.63) is 27.7 Å². The van der Waals surface area contributed by atoms with Gasteiger partial charge in [0, 0.05) is 10.5 Å². The largest absolute Gasteiger partial charge is 0.299 e. The number of hydrogen-bond acceptors (Lipinski definition) is 2. The average molecular weight is 319 g/mol. The SMILES string of the molecule is Cc1cc(NS(=O)(=O)NC2CC2)cc(C)c1Br. The molecule has 0 amide bonds. The Morgan fingerprint density at radius 1 is 1.24 bits per heavy atom. The predicted molar refractivity (Wildman–Crippen MR) is 72.3 cm³/mol. The summed E-state index contributed by atoms with van der Waals surface area (Å²) in [4.78, 5) is 0. The third kappa shape index (κ3) is 3.43. The molecule has 6 heteroatoms. The molecular formula is C11H15BrN2O2S. The monoisotopic (exact) mass is 318 g/mol. The molecule has 1 aliphatic carbocycles. The van der Waals surface area contributed by atoms with Crippen molar-refractivity contribution in [2.45, 2.75) is 32.7 Å². The number of halogens is 1. The number of rotatable bonds is 4. The number of benzene rings is 1. The number of hydrogen-bond donors (Lipinski definition) is 2. The molecule has 0 atom stereocenters. The summed E-state index contributed by atoms with van der Waals surface area (Å²) in [6.45, 7) is 3.87. The van der Waals surface area contributed by atoms with E-state index in [0.29, 0.717) is 5.69 Å². The zero-order chi connectivity index (χ0) is 12.6. The highest BCUT2D eigenvalue weighted by Gasteiger charge is 2.26. The Morgan fingerprint density at radius 3 is 2.24 bits per heavy atom. The molecule has 1 aromatic carbocycles. The van der Waals surface area contributed by atoms with E-state index in [9.17, 15) is 8.42 Å². The Bertz CT molecular complexity index is 515. The van der Waals surface area contributed by atoms with Crippen molar-refractivity contribution in [3.8, 4) is 0 Å². The molecule has 0 radical (unpaired) electrons. The maximum absolute atomic E-state index is 11.7. The minimum absolute atomic E-state index is 0.116. The number of aryl methyl sites for hydroxylation is 2. The summed E-state index contributed by atoms with van der Waals surface area (Å²) in [5, 5.41) is 0. The van der Waals surface area contributed by atoms with Gasteiger partial charge >= 0.3 is 0 Å². The lowest BCUT2D eigenvalue weighted by molar-refractivity contribution is 0.586. The first-order chi connectivity index (χ1) is 7.87. The van der Waals surface area contributed by atoms with Gasteiger partial charge in [-0.2, -0.15) is 13.1 Å². The molecule has 0 spiro atoms. The Kier molecular flexibility index (Phi) is 3.47. The van der Waals surface area contributed by atoms with Crippen molar-refractivity contribution >= 4 is 31.8 Å². The van der Waals surface area contributed by atoms with Crippen LogP contribution in [-0.4, -0.2) is 14.5 Å². The van der Waals surface area contributed by atoms with Crippen molar-refractivity contribution in [1.29, 1.82) is 0 Å². The van der Waals surface area contributed by atoms with E-state index in [1.807, 2.05) is 26.0 Å². The fraction of sp³-hybridized carbons (Fsp3) is 0.455. The first-order valence-corrected chi connectivity index (χ1v) is 7.72. The van der Waals surface area contributed by atoms with Crippen LogP contribution in [0.4, 0.5) is 5.69 Å². The molecule has 1 fully saturated rings. The number of anilines is 1. The van der Waals surface area contributed by atoms with E-state index < -0.39 is 10.2 Å². The summed E-state index contributed by atoms with van der Waals surface area (Å²) in [5.74, 6) is 0. The van der Waals surface area contributed by atoms with Crippen LogP contribution in [0.5, 0.6) is 0 Å². The van der Waals surface area contributed by atoms with Gasteiger partial charge in [0.1, 0.15) is 0 Å². The summed E-state index contributed by atoms with van der Waals surface area (Å²) < 4.78 is 29.6. The molecule has 17 heavy (non-hydrogen) atoms. The van der Waals surface area contributed by atoms with Crippen LogP contribution in [0.1, 0.15) is 24.0 Å². The maximum Gasteiger partial charge on any atom is 0.299 e. The summed E-state index contributed by atoms with van der Waals surface area (Å²) in [6, 6.07) is 3.73. The van der Waals surface area contributed by atoms with E-state index >= 15 is 0 Å². The third-order valence-corrected chi connectivity index (χ3v) is 4.99. The maximum atomic E-state index is 11.7. The lowest BCUT2D eigenvalue weighted by atomic mass is 10.1. The fourth-order valence-electron chi connectivity index (χ4n) is 1.61. The van der Waals surface area contributed by atoms with Crippen molar-refractivity contribution in [2.75, 3.05) is 4.72 Å². The summed E-state index contributed by atoms with van der Waals surface area (Å²) in [5.41, 5.74) is 2.61. The molecule has 1 aromatic rings. The zero-order valence-corrected chi connectivity index (χ0v) is 12.2. The van der Waals surface area contributed by atoms with E-state index in [-0.39, 0.29) is 6.04 Å². The van der Waals surface area contributed by atoms with Crippen LogP contribution in [0.25, 0.3) is 0 Å². The Labute approximate surface area is 110 Å². The summed E-state index contributed by atoms with van der Waals surface area (Å²) in [6.07, 6.45) is 1.86. The number of nitrogens with one attached hydrogen (secondary N) is 2. The first-order valence-electron chi connectivity index (χ1n) is 5.44. The van der Waals surface area contributed by atoms with Crippen molar-refractivity contribution < 1.29 is 8.42 Å². The zero-order valence-electron chi connectivity index (χ0n) is 9.75. The highest BCUT2D eigenvalue weighted by atomic mass is 79.9. The van der Waals surface area contributed by atoms with Gasteiger partial charge in [-0.25, -0.2) is 0 Å². The summed E-state index contributed by atoms with van der Waals surface area (Å²) >= 11 is 3.45.